The molecule has 5 rings (SSSR count). The van der Waals surface area contributed by atoms with Crippen molar-refractivity contribution in [1.29, 1.82) is 0 Å². The number of benzene rings is 3. The SMILES string of the molecule is COc1cc(-c2cc(=O)c3c(O)cc(OC4O[C@H](COC(=O)/C=C/c5ccc(O)cc5)[C@@H](O)[C@H](O)[C@H]4O)cc3o2)ccc1O. The maximum atomic E-state index is 12.8. The second-order valence-corrected chi connectivity index (χ2v) is 9.86. The highest BCUT2D eigenvalue weighted by Crippen LogP contribution is 2.35. The average molecular weight is 609 g/mol. The van der Waals surface area contributed by atoms with E-state index in [2.05, 4.69) is 0 Å². The first-order valence-corrected chi connectivity index (χ1v) is 13.2. The molecule has 0 saturated carbocycles. The summed E-state index contributed by atoms with van der Waals surface area (Å²) in [5, 5.41) is 61.0. The highest BCUT2D eigenvalue weighted by molar-refractivity contribution is 5.87. The third kappa shape index (κ3) is 6.45. The van der Waals surface area contributed by atoms with E-state index >= 15 is 0 Å². The van der Waals surface area contributed by atoms with Crippen LogP contribution in [0.1, 0.15) is 5.56 Å². The van der Waals surface area contributed by atoms with Crippen molar-refractivity contribution in [1.82, 2.24) is 0 Å². The Morgan fingerprint density at radius 2 is 1.66 bits per heavy atom. The minimum absolute atomic E-state index is 0.0639. The second-order valence-electron chi connectivity index (χ2n) is 9.86. The lowest BCUT2D eigenvalue weighted by Crippen LogP contribution is -2.60. The standard InChI is InChI=1S/C31H28O13/c1-40-23-10-16(5-8-19(23)33)22-13-21(35)27-20(34)11-18(12-24(27)43-22)42-31-30(39)29(38)28(37)25(44-31)14-41-26(36)9-4-15-2-6-17(32)7-3-15/h2-13,25,28-34,37-39H,14H2,1H3/b9-4+/t25-,28-,29+,30-,31?/m1/s1. The molecule has 1 unspecified atom stereocenters. The highest BCUT2D eigenvalue weighted by atomic mass is 16.7. The summed E-state index contributed by atoms with van der Waals surface area (Å²) in [4.78, 5) is 25.0. The van der Waals surface area contributed by atoms with E-state index in [-0.39, 0.29) is 39.7 Å². The Labute approximate surface area is 249 Å². The van der Waals surface area contributed by atoms with Crippen LogP contribution in [0.2, 0.25) is 0 Å². The molecule has 1 saturated heterocycles. The molecule has 6 N–H and O–H groups in total. The van der Waals surface area contributed by atoms with E-state index in [0.717, 1.165) is 18.2 Å². The smallest absolute Gasteiger partial charge is 0.330 e. The minimum atomic E-state index is -1.76. The first kappa shape index (κ1) is 30.4. The maximum Gasteiger partial charge on any atom is 0.330 e. The average Bonchev–Trinajstić information content (AvgIpc) is 3.00. The number of aliphatic hydroxyl groups is 3. The van der Waals surface area contributed by atoms with Gasteiger partial charge in [-0.2, -0.15) is 0 Å². The molecule has 0 radical (unpaired) electrons. The van der Waals surface area contributed by atoms with Gasteiger partial charge in [0.15, 0.2) is 16.9 Å². The van der Waals surface area contributed by atoms with Crippen LogP contribution in [0.3, 0.4) is 0 Å². The minimum Gasteiger partial charge on any atom is -0.508 e. The molecule has 1 fully saturated rings. The Morgan fingerprint density at radius 1 is 0.909 bits per heavy atom. The van der Waals surface area contributed by atoms with Gasteiger partial charge in [-0.05, 0) is 42.0 Å². The Bertz CT molecular complexity index is 1740. The van der Waals surface area contributed by atoms with Crippen molar-refractivity contribution in [3.8, 4) is 40.1 Å². The molecule has 230 valence electrons. The zero-order chi connectivity index (χ0) is 31.5. The van der Waals surface area contributed by atoms with Crippen molar-refractivity contribution >= 4 is 23.0 Å². The third-order valence-corrected chi connectivity index (χ3v) is 6.86. The fraction of sp³-hybridized carbons (Fsp3) is 0.226. The van der Waals surface area contributed by atoms with Gasteiger partial charge in [0, 0.05) is 29.8 Å². The monoisotopic (exact) mass is 608 g/mol. The molecule has 13 nitrogen and oxygen atoms in total. The number of ether oxygens (including phenoxy) is 4. The van der Waals surface area contributed by atoms with Gasteiger partial charge in [0.2, 0.25) is 6.29 Å². The van der Waals surface area contributed by atoms with Gasteiger partial charge in [-0.25, -0.2) is 4.79 Å². The van der Waals surface area contributed by atoms with E-state index < -0.39 is 54.5 Å². The highest BCUT2D eigenvalue weighted by Gasteiger charge is 2.45. The summed E-state index contributed by atoms with van der Waals surface area (Å²) in [6.07, 6.45) is -5.51. The van der Waals surface area contributed by atoms with Crippen molar-refractivity contribution in [2.24, 2.45) is 0 Å². The molecule has 3 aromatic carbocycles. The number of methoxy groups -OCH3 is 1. The van der Waals surface area contributed by atoms with E-state index in [1.165, 1.54) is 49.6 Å². The first-order chi connectivity index (χ1) is 21.0. The number of hydrogen-bond acceptors (Lipinski definition) is 13. The number of esters is 1. The zero-order valence-corrected chi connectivity index (χ0v) is 23.1. The third-order valence-electron chi connectivity index (χ3n) is 6.86. The maximum absolute atomic E-state index is 12.8. The van der Waals surface area contributed by atoms with Gasteiger partial charge in [0.25, 0.3) is 0 Å². The summed E-state index contributed by atoms with van der Waals surface area (Å²) >= 11 is 0. The van der Waals surface area contributed by atoms with Gasteiger partial charge in [0.05, 0.1) is 7.11 Å². The fourth-order valence-electron chi connectivity index (χ4n) is 4.53. The lowest BCUT2D eigenvalue weighted by atomic mass is 9.99. The Kier molecular flexibility index (Phi) is 8.73. The number of phenols is 3. The zero-order valence-electron chi connectivity index (χ0n) is 23.1. The molecule has 0 spiro atoms. The number of aromatic hydroxyl groups is 3. The van der Waals surface area contributed by atoms with E-state index in [4.69, 9.17) is 23.4 Å². The molecular weight excluding hydrogens is 580 g/mol. The van der Waals surface area contributed by atoms with Gasteiger partial charge in [-0.15, -0.1) is 0 Å². The molecule has 0 aliphatic carbocycles. The van der Waals surface area contributed by atoms with Crippen LogP contribution in [0, 0.1) is 0 Å². The predicted octanol–water partition coefficient (Wildman–Crippen LogP) is 2.03. The van der Waals surface area contributed by atoms with Crippen LogP contribution in [0.4, 0.5) is 0 Å². The summed E-state index contributed by atoms with van der Waals surface area (Å²) < 4.78 is 27.3. The molecule has 13 heteroatoms. The van der Waals surface area contributed by atoms with Crippen LogP contribution in [0.25, 0.3) is 28.4 Å². The van der Waals surface area contributed by atoms with Gasteiger partial charge >= 0.3 is 5.97 Å². The Hall–Kier alpha value is -5.08. The molecular formula is C31H28O13. The Morgan fingerprint density at radius 3 is 2.39 bits per heavy atom. The number of phenolic OH excluding ortho intramolecular Hbond substituents is 3. The van der Waals surface area contributed by atoms with E-state index in [0.29, 0.717) is 11.1 Å². The van der Waals surface area contributed by atoms with Crippen LogP contribution in [-0.4, -0.2) is 81.0 Å². The largest absolute Gasteiger partial charge is 0.508 e. The summed E-state index contributed by atoms with van der Waals surface area (Å²) in [6.45, 7) is -0.513. The molecule has 1 aliphatic heterocycles. The van der Waals surface area contributed by atoms with Gasteiger partial charge in [-0.1, -0.05) is 12.1 Å². The summed E-state index contributed by atoms with van der Waals surface area (Å²) in [5.74, 6) is -1.24. The molecule has 1 aliphatic rings. The number of carbonyl (C=O) groups is 1. The molecule has 0 amide bonds. The molecule has 44 heavy (non-hydrogen) atoms. The normalized spacial score (nSPS) is 21.8. The van der Waals surface area contributed by atoms with Crippen molar-refractivity contribution in [3.05, 3.63) is 82.5 Å². The molecule has 0 bridgehead atoms. The predicted molar refractivity (Wildman–Crippen MR) is 153 cm³/mol. The molecule has 1 aromatic heterocycles. The van der Waals surface area contributed by atoms with Crippen molar-refractivity contribution in [2.75, 3.05) is 13.7 Å². The molecule has 2 heterocycles. The molecule has 5 atom stereocenters. The van der Waals surface area contributed by atoms with Gasteiger partial charge in [-0.3, -0.25) is 4.79 Å². The van der Waals surface area contributed by atoms with Crippen molar-refractivity contribution in [2.45, 2.75) is 30.7 Å². The number of fused-ring (bicyclic) bond motifs is 1. The van der Waals surface area contributed by atoms with E-state index in [1.807, 2.05) is 0 Å². The lowest BCUT2D eigenvalue weighted by molar-refractivity contribution is -0.278. The van der Waals surface area contributed by atoms with Crippen LogP contribution < -0.4 is 14.9 Å². The topological polar surface area (TPSA) is 206 Å². The van der Waals surface area contributed by atoms with Crippen molar-refractivity contribution < 1.29 is 58.8 Å². The molecule has 4 aromatic rings. The van der Waals surface area contributed by atoms with Crippen molar-refractivity contribution in [3.63, 3.8) is 0 Å². The van der Waals surface area contributed by atoms with Crippen LogP contribution >= 0.6 is 0 Å². The second kappa shape index (κ2) is 12.7. The van der Waals surface area contributed by atoms with Crippen LogP contribution in [-0.2, 0) is 14.3 Å². The quantitative estimate of drug-likeness (QED) is 0.125. The summed E-state index contributed by atoms with van der Waals surface area (Å²) in [5.41, 5.74) is 0.338. The lowest BCUT2D eigenvalue weighted by Gasteiger charge is -2.39. The van der Waals surface area contributed by atoms with E-state index in [9.17, 15) is 40.2 Å². The summed E-state index contributed by atoms with van der Waals surface area (Å²) in [7, 11) is 1.36. The first-order valence-electron chi connectivity index (χ1n) is 13.2. The van der Waals surface area contributed by atoms with E-state index in [1.54, 1.807) is 12.1 Å². The number of hydrogen-bond donors (Lipinski definition) is 6. The van der Waals surface area contributed by atoms with Crippen LogP contribution in [0.5, 0.6) is 28.7 Å². The number of aliphatic hydroxyl groups excluding tert-OH is 3. The summed E-state index contributed by atoms with van der Waals surface area (Å²) in [6, 6.07) is 13.8. The van der Waals surface area contributed by atoms with Crippen LogP contribution in [0.15, 0.2) is 76.0 Å². The van der Waals surface area contributed by atoms with Gasteiger partial charge < -0.3 is 54.0 Å². The Balaban J connectivity index is 1.33. The fourth-order valence-corrected chi connectivity index (χ4v) is 4.53. The number of rotatable bonds is 8. The number of carbonyl (C=O) groups excluding carboxylic acids is 1. The van der Waals surface area contributed by atoms with Gasteiger partial charge in [0.1, 0.15) is 65.0 Å².